The number of rotatable bonds is 4. The molecule has 2 aromatic rings. The van der Waals surface area contributed by atoms with Crippen molar-refractivity contribution in [1.82, 2.24) is 4.98 Å². The summed E-state index contributed by atoms with van der Waals surface area (Å²) < 4.78 is 10.3. The molecule has 1 heterocycles. The molecule has 6 heteroatoms. The van der Waals surface area contributed by atoms with Gasteiger partial charge in [-0.1, -0.05) is 0 Å². The summed E-state index contributed by atoms with van der Waals surface area (Å²) >= 11 is 0. The molecule has 20 heavy (non-hydrogen) atoms. The van der Waals surface area contributed by atoms with Gasteiger partial charge in [0.1, 0.15) is 11.5 Å². The zero-order chi connectivity index (χ0) is 14.7. The van der Waals surface area contributed by atoms with Gasteiger partial charge in [0.2, 0.25) is 0 Å². The minimum atomic E-state index is -1.11. The number of nitrogens with one attached hydrogen (secondary N) is 1. The van der Waals surface area contributed by atoms with Crippen molar-refractivity contribution in [1.29, 1.82) is 0 Å². The van der Waals surface area contributed by atoms with Crippen LogP contribution in [0.4, 0.5) is 0 Å². The predicted molar refractivity (Wildman–Crippen MR) is 72.6 cm³/mol. The molecule has 0 unspecified atom stereocenters. The van der Waals surface area contributed by atoms with Crippen LogP contribution in [0.15, 0.2) is 35.3 Å². The summed E-state index contributed by atoms with van der Waals surface area (Å²) in [7, 11) is 2.99. The zero-order valence-corrected chi connectivity index (χ0v) is 11.0. The third-order valence-corrected chi connectivity index (χ3v) is 2.81. The summed E-state index contributed by atoms with van der Waals surface area (Å²) in [5, 5.41) is 8.98. The molecule has 0 aliphatic carbocycles. The van der Waals surface area contributed by atoms with Crippen LogP contribution in [0.2, 0.25) is 0 Å². The van der Waals surface area contributed by atoms with Crippen molar-refractivity contribution in [2.45, 2.75) is 0 Å². The number of hydrogen-bond acceptors (Lipinski definition) is 4. The molecule has 1 aromatic heterocycles. The first-order chi connectivity index (χ1) is 9.55. The number of H-pyrrole nitrogens is 1. The second kappa shape index (κ2) is 5.48. The molecule has 0 fully saturated rings. The first kappa shape index (κ1) is 13.7. The topological polar surface area (TPSA) is 88.6 Å². The highest BCUT2D eigenvalue weighted by Gasteiger charge is 2.11. The second-order valence-corrected chi connectivity index (χ2v) is 4.04. The van der Waals surface area contributed by atoms with Crippen LogP contribution in [-0.4, -0.2) is 30.3 Å². The lowest BCUT2D eigenvalue weighted by atomic mass is 10.0. The number of pyridine rings is 1. The molecule has 0 atom stereocenters. The van der Waals surface area contributed by atoms with E-state index in [1.54, 1.807) is 18.2 Å². The van der Waals surface area contributed by atoms with Gasteiger partial charge in [0, 0.05) is 17.8 Å². The highest BCUT2D eigenvalue weighted by molar-refractivity contribution is 5.89. The van der Waals surface area contributed by atoms with Gasteiger partial charge in [-0.05, 0) is 23.8 Å². The highest BCUT2D eigenvalue weighted by atomic mass is 16.5. The van der Waals surface area contributed by atoms with Crippen molar-refractivity contribution in [3.05, 3.63) is 46.4 Å². The maximum Gasteiger partial charge on any atom is 0.337 e. The van der Waals surface area contributed by atoms with Crippen molar-refractivity contribution in [2.75, 3.05) is 14.2 Å². The molecule has 0 amide bonds. The monoisotopic (exact) mass is 275 g/mol. The number of carboxylic acid groups (broad SMARTS) is 1. The lowest BCUT2D eigenvalue weighted by Crippen LogP contribution is -2.11. The zero-order valence-electron chi connectivity index (χ0n) is 11.0. The van der Waals surface area contributed by atoms with Crippen LogP contribution in [0.1, 0.15) is 10.4 Å². The van der Waals surface area contributed by atoms with E-state index in [9.17, 15) is 9.59 Å². The summed E-state index contributed by atoms with van der Waals surface area (Å²) in [6, 6.07) is 6.26. The molecule has 0 bridgehead atoms. The van der Waals surface area contributed by atoms with Crippen molar-refractivity contribution < 1.29 is 19.4 Å². The SMILES string of the molecule is COc1cc(OC)cc(-c2cc(C(=O)O)c[nH]c2=O)c1. The van der Waals surface area contributed by atoms with Crippen molar-refractivity contribution >= 4 is 5.97 Å². The molecule has 0 aliphatic rings. The molecular weight excluding hydrogens is 262 g/mol. The summed E-state index contributed by atoms with van der Waals surface area (Å²) in [5.41, 5.74) is 0.374. The number of aromatic amines is 1. The van der Waals surface area contributed by atoms with E-state index in [-0.39, 0.29) is 16.7 Å². The van der Waals surface area contributed by atoms with E-state index < -0.39 is 5.97 Å². The van der Waals surface area contributed by atoms with Gasteiger partial charge in [-0.3, -0.25) is 4.79 Å². The molecular formula is C14H13NO5. The molecule has 0 radical (unpaired) electrons. The Labute approximate surface area is 114 Å². The summed E-state index contributed by atoms with van der Waals surface area (Å²) in [6.45, 7) is 0. The minimum absolute atomic E-state index is 0.00128. The number of ether oxygens (including phenoxy) is 2. The molecule has 2 rings (SSSR count). The van der Waals surface area contributed by atoms with E-state index in [0.717, 1.165) is 6.20 Å². The minimum Gasteiger partial charge on any atom is -0.497 e. The summed E-state index contributed by atoms with van der Waals surface area (Å²) in [6.07, 6.45) is 1.16. The molecule has 2 N–H and O–H groups in total. The van der Waals surface area contributed by atoms with Crippen LogP contribution in [0, 0.1) is 0 Å². The predicted octanol–water partition coefficient (Wildman–Crippen LogP) is 1.76. The fraction of sp³-hybridized carbons (Fsp3) is 0.143. The Morgan fingerprint density at radius 3 is 2.20 bits per heavy atom. The Bertz CT molecular complexity index is 683. The second-order valence-electron chi connectivity index (χ2n) is 4.04. The Balaban J connectivity index is 2.63. The first-order valence-corrected chi connectivity index (χ1v) is 5.74. The Morgan fingerprint density at radius 2 is 1.70 bits per heavy atom. The molecule has 104 valence electrons. The average Bonchev–Trinajstić information content (AvgIpc) is 2.46. The Hall–Kier alpha value is -2.76. The van der Waals surface area contributed by atoms with Crippen LogP contribution in [0.25, 0.3) is 11.1 Å². The number of hydrogen-bond donors (Lipinski definition) is 2. The van der Waals surface area contributed by atoms with E-state index in [4.69, 9.17) is 14.6 Å². The fourth-order valence-corrected chi connectivity index (χ4v) is 1.78. The molecule has 0 saturated heterocycles. The Morgan fingerprint density at radius 1 is 1.10 bits per heavy atom. The number of aromatic carboxylic acids is 1. The van der Waals surface area contributed by atoms with Gasteiger partial charge in [0.15, 0.2) is 0 Å². The van der Waals surface area contributed by atoms with Crippen LogP contribution in [0.3, 0.4) is 0 Å². The van der Waals surface area contributed by atoms with Crippen molar-refractivity contribution in [3.63, 3.8) is 0 Å². The van der Waals surface area contributed by atoms with Crippen LogP contribution in [-0.2, 0) is 0 Å². The van der Waals surface area contributed by atoms with Gasteiger partial charge >= 0.3 is 5.97 Å². The van der Waals surface area contributed by atoms with E-state index in [1.807, 2.05) is 0 Å². The molecule has 0 aliphatic heterocycles. The standard InChI is InChI=1S/C14H13NO5/c1-19-10-3-8(4-11(6-10)20-2)12-5-9(14(17)18)7-15-13(12)16/h3-7H,1-2H3,(H,15,16)(H,17,18). The number of methoxy groups -OCH3 is 2. The average molecular weight is 275 g/mol. The summed E-state index contributed by atoms with van der Waals surface area (Å²) in [4.78, 5) is 25.2. The van der Waals surface area contributed by atoms with Gasteiger partial charge in [0.25, 0.3) is 5.56 Å². The van der Waals surface area contributed by atoms with Crippen molar-refractivity contribution in [3.8, 4) is 22.6 Å². The molecule has 1 aromatic carbocycles. The van der Waals surface area contributed by atoms with E-state index in [2.05, 4.69) is 4.98 Å². The normalized spacial score (nSPS) is 10.1. The van der Waals surface area contributed by atoms with Gasteiger partial charge in [-0.25, -0.2) is 4.79 Å². The fourth-order valence-electron chi connectivity index (χ4n) is 1.78. The molecule has 0 saturated carbocycles. The maximum atomic E-state index is 11.9. The van der Waals surface area contributed by atoms with Gasteiger partial charge < -0.3 is 19.6 Å². The number of carboxylic acids is 1. The van der Waals surface area contributed by atoms with E-state index in [0.29, 0.717) is 17.1 Å². The van der Waals surface area contributed by atoms with Gasteiger partial charge in [-0.15, -0.1) is 0 Å². The number of aromatic nitrogens is 1. The van der Waals surface area contributed by atoms with Crippen molar-refractivity contribution in [2.24, 2.45) is 0 Å². The quantitative estimate of drug-likeness (QED) is 0.887. The Kier molecular flexibility index (Phi) is 3.74. The van der Waals surface area contributed by atoms with Crippen LogP contribution in [0.5, 0.6) is 11.5 Å². The number of benzene rings is 1. The van der Waals surface area contributed by atoms with Gasteiger partial charge in [0.05, 0.1) is 19.8 Å². The smallest absolute Gasteiger partial charge is 0.337 e. The lowest BCUT2D eigenvalue weighted by molar-refractivity contribution is 0.0696. The molecule has 0 spiro atoms. The first-order valence-electron chi connectivity index (χ1n) is 5.74. The van der Waals surface area contributed by atoms with E-state index >= 15 is 0 Å². The molecule has 6 nitrogen and oxygen atoms in total. The lowest BCUT2D eigenvalue weighted by Gasteiger charge is -2.08. The highest BCUT2D eigenvalue weighted by Crippen LogP contribution is 2.28. The van der Waals surface area contributed by atoms with Gasteiger partial charge in [-0.2, -0.15) is 0 Å². The van der Waals surface area contributed by atoms with E-state index in [1.165, 1.54) is 20.3 Å². The maximum absolute atomic E-state index is 11.9. The summed E-state index contributed by atoms with van der Waals surface area (Å²) in [5.74, 6) is -0.0867. The number of carbonyl (C=O) groups is 1. The van der Waals surface area contributed by atoms with Crippen LogP contribution >= 0.6 is 0 Å². The third kappa shape index (κ3) is 2.64. The largest absolute Gasteiger partial charge is 0.497 e. The van der Waals surface area contributed by atoms with Crippen LogP contribution < -0.4 is 15.0 Å². The third-order valence-electron chi connectivity index (χ3n) is 2.81.